The molecular formula is C12H16O4S. The predicted octanol–water partition coefficient (Wildman–Crippen LogP) is 1.61. The molecule has 0 unspecified atom stereocenters. The van der Waals surface area contributed by atoms with Crippen molar-refractivity contribution < 1.29 is 17.9 Å². The van der Waals surface area contributed by atoms with Crippen LogP contribution < -0.4 is 0 Å². The quantitative estimate of drug-likeness (QED) is 0.821. The van der Waals surface area contributed by atoms with Crippen molar-refractivity contribution in [3.63, 3.8) is 0 Å². The number of ether oxygens (including phenoxy) is 2. The third-order valence-electron chi connectivity index (χ3n) is 2.62. The lowest BCUT2D eigenvalue weighted by atomic mass is 10.4. The van der Waals surface area contributed by atoms with E-state index in [0.717, 1.165) is 6.42 Å². The average molecular weight is 256 g/mol. The Hall–Kier alpha value is -0.910. The van der Waals surface area contributed by atoms with E-state index in [1.165, 1.54) is 0 Å². The van der Waals surface area contributed by atoms with Crippen molar-refractivity contribution in [2.24, 2.45) is 0 Å². The maximum absolute atomic E-state index is 12.0. The average Bonchev–Trinajstić information content (AvgIpc) is 2.39. The van der Waals surface area contributed by atoms with Gasteiger partial charge in [-0.1, -0.05) is 18.2 Å². The second-order valence-electron chi connectivity index (χ2n) is 3.95. The van der Waals surface area contributed by atoms with Crippen LogP contribution in [0, 0.1) is 0 Å². The molecule has 0 aliphatic carbocycles. The monoisotopic (exact) mass is 256 g/mol. The van der Waals surface area contributed by atoms with E-state index < -0.39 is 9.84 Å². The maximum Gasteiger partial charge on any atom is 0.178 e. The molecule has 2 rings (SSSR count). The zero-order chi connectivity index (χ0) is 12.1. The van der Waals surface area contributed by atoms with Crippen LogP contribution in [-0.4, -0.2) is 33.7 Å². The molecule has 1 fully saturated rings. The van der Waals surface area contributed by atoms with Crippen LogP contribution in [0.2, 0.25) is 0 Å². The third kappa shape index (κ3) is 3.52. The van der Waals surface area contributed by atoms with Crippen LogP contribution in [0.15, 0.2) is 35.2 Å². The van der Waals surface area contributed by atoms with Gasteiger partial charge in [-0.05, 0) is 18.6 Å². The minimum Gasteiger partial charge on any atom is -0.353 e. The van der Waals surface area contributed by atoms with Gasteiger partial charge >= 0.3 is 0 Å². The first-order chi connectivity index (χ1) is 8.18. The highest BCUT2D eigenvalue weighted by atomic mass is 32.2. The molecule has 5 heteroatoms. The van der Waals surface area contributed by atoms with E-state index >= 15 is 0 Å². The van der Waals surface area contributed by atoms with Crippen molar-refractivity contribution in [1.29, 1.82) is 0 Å². The highest BCUT2D eigenvalue weighted by Crippen LogP contribution is 2.15. The van der Waals surface area contributed by atoms with Crippen molar-refractivity contribution in [2.75, 3.05) is 19.0 Å². The Balaban J connectivity index is 1.94. The van der Waals surface area contributed by atoms with Crippen LogP contribution >= 0.6 is 0 Å². The van der Waals surface area contributed by atoms with Gasteiger partial charge in [0.2, 0.25) is 0 Å². The fourth-order valence-corrected chi connectivity index (χ4v) is 3.01. The van der Waals surface area contributed by atoms with Gasteiger partial charge in [0.15, 0.2) is 16.1 Å². The normalized spacial score (nSPS) is 18.1. The van der Waals surface area contributed by atoms with Gasteiger partial charge in [-0.3, -0.25) is 0 Å². The van der Waals surface area contributed by atoms with E-state index in [-0.39, 0.29) is 12.0 Å². The molecule has 0 atom stereocenters. The summed E-state index contributed by atoms with van der Waals surface area (Å²) >= 11 is 0. The summed E-state index contributed by atoms with van der Waals surface area (Å²) in [6.07, 6.45) is 0.890. The second-order valence-corrected chi connectivity index (χ2v) is 6.05. The van der Waals surface area contributed by atoms with Crippen LogP contribution in [0.5, 0.6) is 0 Å². The van der Waals surface area contributed by atoms with Crippen LogP contribution in [0.4, 0.5) is 0 Å². The van der Waals surface area contributed by atoms with E-state index in [1.807, 2.05) is 0 Å². The Bertz CT molecular complexity index is 435. The summed E-state index contributed by atoms with van der Waals surface area (Å²) in [5.41, 5.74) is 0. The minimum atomic E-state index is -3.22. The van der Waals surface area contributed by atoms with Gasteiger partial charge in [-0.15, -0.1) is 0 Å². The largest absolute Gasteiger partial charge is 0.353 e. The Kier molecular flexibility index (Phi) is 4.15. The Morgan fingerprint density at radius 1 is 1.12 bits per heavy atom. The van der Waals surface area contributed by atoms with E-state index in [9.17, 15) is 8.42 Å². The van der Waals surface area contributed by atoms with Crippen LogP contribution in [0.3, 0.4) is 0 Å². The zero-order valence-electron chi connectivity index (χ0n) is 9.54. The number of rotatable bonds is 4. The fourth-order valence-electron chi connectivity index (χ4n) is 1.70. The van der Waals surface area contributed by atoms with Gasteiger partial charge in [0.25, 0.3) is 0 Å². The Morgan fingerprint density at radius 3 is 2.41 bits per heavy atom. The molecule has 1 aromatic carbocycles. The van der Waals surface area contributed by atoms with Crippen LogP contribution in [-0.2, 0) is 19.3 Å². The van der Waals surface area contributed by atoms with Crippen molar-refractivity contribution in [1.82, 2.24) is 0 Å². The SMILES string of the molecule is O=S(=O)(CCC1OCCCO1)c1ccccc1. The predicted molar refractivity (Wildman–Crippen MR) is 63.4 cm³/mol. The molecule has 1 aromatic rings. The van der Waals surface area contributed by atoms with E-state index in [4.69, 9.17) is 9.47 Å². The van der Waals surface area contributed by atoms with Gasteiger partial charge in [0, 0.05) is 6.42 Å². The standard InChI is InChI=1S/C12H16O4S/c13-17(14,11-5-2-1-3-6-11)10-7-12-15-8-4-9-16-12/h1-3,5-6,12H,4,7-10H2. The van der Waals surface area contributed by atoms with Crippen molar-refractivity contribution in [2.45, 2.75) is 24.0 Å². The highest BCUT2D eigenvalue weighted by molar-refractivity contribution is 7.91. The Labute approximate surface area is 101 Å². The number of hydrogen-bond acceptors (Lipinski definition) is 4. The third-order valence-corrected chi connectivity index (χ3v) is 4.38. The fraction of sp³-hybridized carbons (Fsp3) is 0.500. The summed E-state index contributed by atoms with van der Waals surface area (Å²) in [6, 6.07) is 8.46. The molecule has 1 saturated heterocycles. The van der Waals surface area contributed by atoms with E-state index in [0.29, 0.717) is 24.5 Å². The molecule has 0 aromatic heterocycles. The first kappa shape index (κ1) is 12.5. The molecule has 0 spiro atoms. The first-order valence-electron chi connectivity index (χ1n) is 5.69. The van der Waals surface area contributed by atoms with E-state index in [2.05, 4.69) is 0 Å². The number of hydrogen-bond donors (Lipinski definition) is 0. The maximum atomic E-state index is 12.0. The molecule has 0 amide bonds. The minimum absolute atomic E-state index is 0.0572. The molecule has 0 bridgehead atoms. The van der Waals surface area contributed by atoms with Crippen LogP contribution in [0.25, 0.3) is 0 Å². The van der Waals surface area contributed by atoms with Crippen molar-refractivity contribution >= 4 is 9.84 Å². The lowest BCUT2D eigenvalue weighted by Crippen LogP contribution is -2.27. The summed E-state index contributed by atoms with van der Waals surface area (Å²) in [7, 11) is -3.22. The van der Waals surface area contributed by atoms with Gasteiger partial charge in [0.05, 0.1) is 23.9 Å². The lowest BCUT2D eigenvalue weighted by Gasteiger charge is -2.22. The topological polar surface area (TPSA) is 52.6 Å². The van der Waals surface area contributed by atoms with Gasteiger partial charge in [-0.2, -0.15) is 0 Å². The molecule has 94 valence electrons. The van der Waals surface area contributed by atoms with Gasteiger partial charge in [0.1, 0.15) is 0 Å². The van der Waals surface area contributed by atoms with Gasteiger partial charge in [-0.25, -0.2) is 8.42 Å². The molecule has 0 radical (unpaired) electrons. The molecular weight excluding hydrogens is 240 g/mol. The second kappa shape index (κ2) is 5.62. The summed E-state index contributed by atoms with van der Waals surface area (Å²) in [4.78, 5) is 0.357. The summed E-state index contributed by atoms with van der Waals surface area (Å²) in [5.74, 6) is 0.0572. The first-order valence-corrected chi connectivity index (χ1v) is 7.35. The summed E-state index contributed by atoms with van der Waals surface area (Å²) in [6.45, 7) is 1.30. The number of benzene rings is 1. The van der Waals surface area contributed by atoms with Gasteiger partial charge < -0.3 is 9.47 Å². The molecule has 0 saturated carbocycles. The Morgan fingerprint density at radius 2 is 1.76 bits per heavy atom. The number of sulfone groups is 1. The van der Waals surface area contributed by atoms with Crippen molar-refractivity contribution in [3.8, 4) is 0 Å². The zero-order valence-corrected chi connectivity index (χ0v) is 10.4. The van der Waals surface area contributed by atoms with Crippen LogP contribution in [0.1, 0.15) is 12.8 Å². The smallest absolute Gasteiger partial charge is 0.178 e. The van der Waals surface area contributed by atoms with Crippen molar-refractivity contribution in [3.05, 3.63) is 30.3 Å². The summed E-state index contributed by atoms with van der Waals surface area (Å²) in [5, 5.41) is 0. The van der Waals surface area contributed by atoms with E-state index in [1.54, 1.807) is 30.3 Å². The molecule has 1 aliphatic heterocycles. The highest BCUT2D eigenvalue weighted by Gasteiger charge is 2.20. The summed E-state index contributed by atoms with van der Waals surface area (Å²) < 4.78 is 34.6. The lowest BCUT2D eigenvalue weighted by molar-refractivity contribution is -0.178. The molecule has 1 aliphatic rings. The molecule has 4 nitrogen and oxygen atoms in total. The molecule has 0 N–H and O–H groups in total. The molecule has 1 heterocycles. The molecule has 17 heavy (non-hydrogen) atoms.